The van der Waals surface area contributed by atoms with Crippen molar-refractivity contribution in [3.63, 3.8) is 0 Å². The van der Waals surface area contributed by atoms with Crippen molar-refractivity contribution in [2.24, 2.45) is 0 Å². The van der Waals surface area contributed by atoms with Gasteiger partial charge in [-0.3, -0.25) is 4.79 Å². The predicted octanol–water partition coefficient (Wildman–Crippen LogP) is 10.3. The van der Waals surface area contributed by atoms with Crippen LogP contribution in [0.5, 0.6) is 0 Å². The van der Waals surface area contributed by atoms with E-state index in [1.165, 1.54) is 154 Å². The standard InChI is InChI=1S/C50H97NO9/c1-3-5-7-9-11-13-15-17-18-19-20-21-22-23-24-25-26-27-29-31-33-35-37-39-44(54)49(58)51-42(41-59-50-48(57)47(56)46(55)45(40-52)60-50)43(53)38-36-34-32-30-28-16-14-12-10-8-6-4-2/h23-24,42-48,50,52-57H,3-22,25-41H2,1-2H3,(H,51,58)/b24-23-. The van der Waals surface area contributed by atoms with E-state index in [9.17, 15) is 35.4 Å². The third kappa shape index (κ3) is 30.1. The van der Waals surface area contributed by atoms with E-state index in [4.69, 9.17) is 9.47 Å². The molecule has 1 aliphatic rings. The fraction of sp³-hybridized carbons (Fsp3) is 0.940. The van der Waals surface area contributed by atoms with Crippen LogP contribution in [-0.4, -0.2) is 98.7 Å². The Morgan fingerprint density at radius 2 is 0.933 bits per heavy atom. The molecule has 1 fully saturated rings. The molecule has 356 valence electrons. The van der Waals surface area contributed by atoms with Gasteiger partial charge in [-0.05, 0) is 38.5 Å². The Kier molecular flexibility index (Phi) is 38.6. The molecular formula is C50H97NO9. The van der Waals surface area contributed by atoms with Gasteiger partial charge in [0.2, 0.25) is 5.91 Å². The Morgan fingerprint density at radius 1 is 0.550 bits per heavy atom. The number of carbonyl (C=O) groups is 1. The summed E-state index contributed by atoms with van der Waals surface area (Å²) in [7, 11) is 0. The summed E-state index contributed by atoms with van der Waals surface area (Å²) in [4.78, 5) is 13.1. The minimum absolute atomic E-state index is 0.254. The fourth-order valence-corrected chi connectivity index (χ4v) is 8.28. The van der Waals surface area contributed by atoms with Crippen molar-refractivity contribution in [2.45, 2.75) is 288 Å². The lowest BCUT2D eigenvalue weighted by molar-refractivity contribution is -0.302. The largest absolute Gasteiger partial charge is 0.394 e. The number of hydrogen-bond donors (Lipinski definition) is 7. The van der Waals surface area contributed by atoms with Crippen molar-refractivity contribution in [1.82, 2.24) is 5.32 Å². The molecule has 10 nitrogen and oxygen atoms in total. The molecule has 1 saturated heterocycles. The van der Waals surface area contributed by atoms with Crippen LogP contribution in [0, 0.1) is 0 Å². The van der Waals surface area contributed by atoms with E-state index in [0.29, 0.717) is 12.8 Å². The molecule has 0 bridgehead atoms. The van der Waals surface area contributed by atoms with E-state index >= 15 is 0 Å². The minimum atomic E-state index is -1.59. The smallest absolute Gasteiger partial charge is 0.249 e. The Balaban J connectivity index is 2.28. The van der Waals surface area contributed by atoms with Crippen molar-refractivity contribution in [2.75, 3.05) is 13.2 Å². The molecular weight excluding hydrogens is 759 g/mol. The Labute approximate surface area is 368 Å². The number of nitrogens with one attached hydrogen (secondary N) is 1. The van der Waals surface area contributed by atoms with Gasteiger partial charge in [-0.2, -0.15) is 0 Å². The summed E-state index contributed by atoms with van der Waals surface area (Å²) >= 11 is 0. The lowest BCUT2D eigenvalue weighted by Gasteiger charge is -2.40. The summed E-state index contributed by atoms with van der Waals surface area (Å²) < 4.78 is 11.2. The van der Waals surface area contributed by atoms with Crippen LogP contribution in [0.2, 0.25) is 0 Å². The summed E-state index contributed by atoms with van der Waals surface area (Å²) in [5.74, 6) is -0.585. The molecule has 0 aliphatic carbocycles. The average molecular weight is 856 g/mol. The third-order valence-electron chi connectivity index (χ3n) is 12.5. The Hall–Kier alpha value is -1.11. The van der Waals surface area contributed by atoms with Crippen molar-refractivity contribution in [1.29, 1.82) is 0 Å². The number of allylic oxidation sites excluding steroid dienone is 2. The maximum absolute atomic E-state index is 13.1. The van der Waals surface area contributed by atoms with Crippen LogP contribution in [0.25, 0.3) is 0 Å². The summed E-state index contributed by atoms with van der Waals surface area (Å²) in [5.41, 5.74) is 0. The molecule has 10 heteroatoms. The molecule has 8 atom stereocenters. The number of unbranched alkanes of at least 4 members (excludes halogenated alkanes) is 30. The fourth-order valence-electron chi connectivity index (χ4n) is 8.28. The first-order chi connectivity index (χ1) is 29.3. The van der Waals surface area contributed by atoms with Crippen molar-refractivity contribution >= 4 is 5.91 Å². The average Bonchev–Trinajstić information content (AvgIpc) is 3.25. The van der Waals surface area contributed by atoms with Gasteiger partial charge in [0.1, 0.15) is 30.5 Å². The molecule has 1 rings (SSSR count). The minimum Gasteiger partial charge on any atom is -0.394 e. The van der Waals surface area contributed by atoms with Gasteiger partial charge in [-0.15, -0.1) is 0 Å². The van der Waals surface area contributed by atoms with Crippen molar-refractivity contribution in [3.05, 3.63) is 12.2 Å². The van der Waals surface area contributed by atoms with E-state index in [2.05, 4.69) is 31.3 Å². The topological polar surface area (TPSA) is 169 Å². The quantitative estimate of drug-likeness (QED) is 0.0233. The van der Waals surface area contributed by atoms with Crippen LogP contribution in [-0.2, 0) is 14.3 Å². The van der Waals surface area contributed by atoms with E-state index in [1.807, 2.05) is 0 Å². The number of aliphatic hydroxyl groups is 6. The van der Waals surface area contributed by atoms with Crippen LogP contribution in [0.1, 0.15) is 239 Å². The number of ether oxygens (including phenoxy) is 2. The highest BCUT2D eigenvalue weighted by atomic mass is 16.7. The van der Waals surface area contributed by atoms with Gasteiger partial charge in [-0.1, -0.05) is 212 Å². The summed E-state index contributed by atoms with van der Waals surface area (Å²) in [5, 5.41) is 64.9. The molecule has 0 aromatic heterocycles. The van der Waals surface area contributed by atoms with Gasteiger partial charge in [0.15, 0.2) is 6.29 Å². The highest BCUT2D eigenvalue weighted by Gasteiger charge is 2.44. The highest BCUT2D eigenvalue weighted by Crippen LogP contribution is 2.23. The SMILES string of the molecule is CCCCCCCCCCCCCC/C=C\CCCCCCCCCC(O)C(=O)NC(COC1OC(CO)C(O)C(O)C1O)C(O)CCCCCCCCCCCCCC. The second-order valence-corrected chi connectivity index (χ2v) is 18.1. The van der Waals surface area contributed by atoms with Crippen LogP contribution >= 0.6 is 0 Å². The number of carbonyl (C=O) groups excluding carboxylic acids is 1. The van der Waals surface area contributed by atoms with Crippen LogP contribution in [0.4, 0.5) is 0 Å². The highest BCUT2D eigenvalue weighted by molar-refractivity contribution is 5.80. The zero-order valence-corrected chi connectivity index (χ0v) is 38.8. The molecule has 1 amide bonds. The normalized spacial score (nSPS) is 21.1. The van der Waals surface area contributed by atoms with Gasteiger partial charge in [0, 0.05) is 0 Å². The summed E-state index contributed by atoms with van der Waals surface area (Å²) in [6.07, 6.45) is 37.0. The van der Waals surface area contributed by atoms with E-state index in [0.717, 1.165) is 57.8 Å². The molecule has 7 N–H and O–H groups in total. The number of rotatable bonds is 43. The number of hydrogen-bond acceptors (Lipinski definition) is 9. The lowest BCUT2D eigenvalue weighted by atomic mass is 9.99. The van der Waals surface area contributed by atoms with Crippen LogP contribution < -0.4 is 5.32 Å². The Bertz CT molecular complexity index is 968. The molecule has 0 saturated carbocycles. The van der Waals surface area contributed by atoms with Gasteiger partial charge >= 0.3 is 0 Å². The first-order valence-electron chi connectivity index (χ1n) is 25.5. The van der Waals surface area contributed by atoms with Crippen molar-refractivity contribution < 1.29 is 44.9 Å². The van der Waals surface area contributed by atoms with Crippen molar-refractivity contribution in [3.8, 4) is 0 Å². The molecule has 0 aromatic carbocycles. The maximum Gasteiger partial charge on any atom is 0.249 e. The number of aliphatic hydroxyl groups excluding tert-OH is 6. The van der Waals surface area contributed by atoms with Gasteiger partial charge in [0.05, 0.1) is 25.4 Å². The van der Waals surface area contributed by atoms with E-state index in [-0.39, 0.29) is 6.61 Å². The monoisotopic (exact) mass is 856 g/mol. The molecule has 0 aromatic rings. The van der Waals surface area contributed by atoms with Gasteiger partial charge in [-0.25, -0.2) is 0 Å². The van der Waals surface area contributed by atoms with Gasteiger partial charge in [0.25, 0.3) is 0 Å². The maximum atomic E-state index is 13.1. The molecule has 0 spiro atoms. The zero-order valence-electron chi connectivity index (χ0n) is 38.8. The first-order valence-corrected chi connectivity index (χ1v) is 25.5. The molecule has 1 heterocycles. The van der Waals surface area contributed by atoms with Crippen LogP contribution in [0.3, 0.4) is 0 Å². The Morgan fingerprint density at radius 3 is 1.35 bits per heavy atom. The molecule has 1 aliphatic heterocycles. The predicted molar refractivity (Wildman–Crippen MR) is 246 cm³/mol. The van der Waals surface area contributed by atoms with E-state index < -0.39 is 61.5 Å². The van der Waals surface area contributed by atoms with Crippen LogP contribution in [0.15, 0.2) is 12.2 Å². The van der Waals surface area contributed by atoms with Gasteiger partial charge < -0.3 is 45.4 Å². The molecule has 0 radical (unpaired) electrons. The van der Waals surface area contributed by atoms with E-state index in [1.54, 1.807) is 0 Å². The lowest BCUT2D eigenvalue weighted by Crippen LogP contribution is -2.60. The number of amides is 1. The molecule has 60 heavy (non-hydrogen) atoms. The summed E-state index contributed by atoms with van der Waals surface area (Å²) in [6.45, 7) is 3.67. The zero-order chi connectivity index (χ0) is 43.9. The third-order valence-corrected chi connectivity index (χ3v) is 12.5. The second kappa shape index (κ2) is 40.7. The molecule has 8 unspecified atom stereocenters. The first kappa shape index (κ1) is 56.9. The summed E-state index contributed by atoms with van der Waals surface area (Å²) in [6, 6.07) is -0.892. The second-order valence-electron chi connectivity index (χ2n) is 18.1.